The molecule has 0 saturated heterocycles. The number of fused-ring (bicyclic) bond motifs is 1. The van der Waals surface area contributed by atoms with Crippen molar-refractivity contribution in [2.45, 2.75) is 12.6 Å². The molecule has 4 heteroatoms. The Bertz CT molecular complexity index is 571. The molecule has 0 fully saturated rings. The van der Waals surface area contributed by atoms with Gasteiger partial charge in [-0.1, -0.05) is 30.3 Å². The third-order valence-electron chi connectivity index (χ3n) is 3.58. The Morgan fingerprint density at radius 3 is 2.57 bits per heavy atom. The van der Waals surface area contributed by atoms with Gasteiger partial charge in [0, 0.05) is 32.9 Å². The molecule has 2 aromatic rings. The van der Waals surface area contributed by atoms with Gasteiger partial charge in [-0.05, 0) is 16.8 Å². The van der Waals surface area contributed by atoms with Crippen LogP contribution in [0.25, 0.3) is 10.8 Å². The fourth-order valence-electron chi connectivity index (χ4n) is 2.44. The van der Waals surface area contributed by atoms with Gasteiger partial charge in [0.1, 0.15) is 5.75 Å². The van der Waals surface area contributed by atoms with Gasteiger partial charge in [-0.3, -0.25) is 0 Å². The van der Waals surface area contributed by atoms with E-state index >= 15 is 0 Å². The normalized spacial score (nSPS) is 12.5. The Hall–Kier alpha value is -1.62. The van der Waals surface area contributed by atoms with Crippen molar-refractivity contribution in [3.05, 3.63) is 42.0 Å². The zero-order valence-electron chi connectivity index (χ0n) is 12.9. The third kappa shape index (κ3) is 3.94. The minimum atomic E-state index is 0.0518. The maximum absolute atomic E-state index is 5.49. The van der Waals surface area contributed by atoms with E-state index in [1.807, 2.05) is 18.2 Å². The third-order valence-corrected chi connectivity index (χ3v) is 3.58. The lowest BCUT2D eigenvalue weighted by atomic mass is 10.0. The summed E-state index contributed by atoms with van der Waals surface area (Å²) < 4.78 is 16.0. The standard InChI is InChI=1S/C17H23NO3/c1-19-12-14(20-2)10-18-11-16-15-7-5-4-6-13(15)8-9-17(16)21-3/h4-9,14,18H,10-12H2,1-3H3. The molecule has 1 N–H and O–H groups in total. The zero-order chi connectivity index (χ0) is 15.1. The van der Waals surface area contributed by atoms with Crippen molar-refractivity contribution in [3.63, 3.8) is 0 Å². The van der Waals surface area contributed by atoms with Gasteiger partial charge in [-0.2, -0.15) is 0 Å². The van der Waals surface area contributed by atoms with Crippen LogP contribution in [-0.2, 0) is 16.0 Å². The quantitative estimate of drug-likeness (QED) is 0.811. The SMILES string of the molecule is COCC(CNCc1c(OC)ccc2ccccc12)OC. The van der Waals surface area contributed by atoms with Gasteiger partial charge < -0.3 is 19.5 Å². The lowest BCUT2D eigenvalue weighted by molar-refractivity contribution is 0.0288. The highest BCUT2D eigenvalue weighted by Gasteiger charge is 2.10. The average molecular weight is 289 g/mol. The van der Waals surface area contributed by atoms with E-state index in [2.05, 4.69) is 23.5 Å². The molecule has 0 saturated carbocycles. The number of benzene rings is 2. The summed E-state index contributed by atoms with van der Waals surface area (Å²) in [5, 5.41) is 5.85. The number of ether oxygens (including phenoxy) is 3. The number of rotatable bonds is 8. The summed E-state index contributed by atoms with van der Waals surface area (Å²) in [6.45, 7) is 2.04. The molecule has 0 aromatic heterocycles. The summed E-state index contributed by atoms with van der Waals surface area (Å²) in [6, 6.07) is 12.4. The number of methoxy groups -OCH3 is 3. The average Bonchev–Trinajstić information content (AvgIpc) is 2.54. The van der Waals surface area contributed by atoms with Crippen LogP contribution in [0.2, 0.25) is 0 Å². The van der Waals surface area contributed by atoms with Crippen LogP contribution in [0.4, 0.5) is 0 Å². The molecule has 114 valence electrons. The van der Waals surface area contributed by atoms with Crippen LogP contribution in [0.5, 0.6) is 5.75 Å². The molecule has 0 amide bonds. The molecule has 0 aliphatic carbocycles. The first-order valence-corrected chi connectivity index (χ1v) is 7.07. The van der Waals surface area contributed by atoms with Crippen LogP contribution >= 0.6 is 0 Å². The van der Waals surface area contributed by atoms with E-state index in [1.165, 1.54) is 16.3 Å². The molecule has 0 spiro atoms. The molecule has 0 heterocycles. The van der Waals surface area contributed by atoms with Gasteiger partial charge in [0.05, 0.1) is 19.8 Å². The molecule has 1 unspecified atom stereocenters. The van der Waals surface area contributed by atoms with E-state index in [4.69, 9.17) is 14.2 Å². The van der Waals surface area contributed by atoms with Gasteiger partial charge >= 0.3 is 0 Å². The number of nitrogens with one attached hydrogen (secondary N) is 1. The summed E-state index contributed by atoms with van der Waals surface area (Å²) in [6.07, 6.45) is 0.0518. The fraction of sp³-hybridized carbons (Fsp3) is 0.412. The topological polar surface area (TPSA) is 39.7 Å². The van der Waals surface area contributed by atoms with Crippen molar-refractivity contribution in [1.82, 2.24) is 5.32 Å². The molecule has 4 nitrogen and oxygen atoms in total. The van der Waals surface area contributed by atoms with Gasteiger partial charge in [-0.25, -0.2) is 0 Å². The van der Waals surface area contributed by atoms with Crippen molar-refractivity contribution < 1.29 is 14.2 Å². The molecule has 0 aliphatic heterocycles. The highest BCUT2D eigenvalue weighted by Crippen LogP contribution is 2.27. The van der Waals surface area contributed by atoms with Crippen LogP contribution in [0.15, 0.2) is 36.4 Å². The van der Waals surface area contributed by atoms with Crippen LogP contribution in [-0.4, -0.2) is 40.6 Å². The van der Waals surface area contributed by atoms with Crippen molar-refractivity contribution in [3.8, 4) is 5.75 Å². The summed E-state index contributed by atoms with van der Waals surface area (Å²) >= 11 is 0. The molecular formula is C17H23NO3. The first kappa shape index (κ1) is 15.8. The molecule has 0 radical (unpaired) electrons. The number of hydrogen-bond donors (Lipinski definition) is 1. The van der Waals surface area contributed by atoms with Crippen molar-refractivity contribution in [2.24, 2.45) is 0 Å². The maximum atomic E-state index is 5.49. The second kappa shape index (κ2) is 7.98. The van der Waals surface area contributed by atoms with Crippen molar-refractivity contribution >= 4 is 10.8 Å². The predicted octanol–water partition coefficient (Wildman–Crippen LogP) is 2.60. The molecule has 21 heavy (non-hydrogen) atoms. The second-order valence-electron chi connectivity index (χ2n) is 4.91. The highest BCUT2D eigenvalue weighted by atomic mass is 16.5. The monoisotopic (exact) mass is 289 g/mol. The maximum Gasteiger partial charge on any atom is 0.123 e. The van der Waals surface area contributed by atoms with E-state index in [9.17, 15) is 0 Å². The molecule has 2 rings (SSSR count). The first-order valence-electron chi connectivity index (χ1n) is 7.07. The van der Waals surface area contributed by atoms with E-state index < -0.39 is 0 Å². The molecule has 2 aromatic carbocycles. The highest BCUT2D eigenvalue weighted by molar-refractivity contribution is 5.87. The van der Waals surface area contributed by atoms with E-state index in [0.717, 1.165) is 18.8 Å². The zero-order valence-corrected chi connectivity index (χ0v) is 12.9. The minimum Gasteiger partial charge on any atom is -0.496 e. The Labute approximate surface area is 126 Å². The summed E-state index contributed by atoms with van der Waals surface area (Å²) in [7, 11) is 5.08. The van der Waals surface area contributed by atoms with Crippen LogP contribution < -0.4 is 10.1 Å². The smallest absolute Gasteiger partial charge is 0.123 e. The molecule has 1 atom stereocenters. The van der Waals surface area contributed by atoms with Crippen molar-refractivity contribution in [1.29, 1.82) is 0 Å². The lowest BCUT2D eigenvalue weighted by Gasteiger charge is -2.17. The predicted molar refractivity (Wildman–Crippen MR) is 84.9 cm³/mol. The van der Waals surface area contributed by atoms with E-state index in [0.29, 0.717) is 6.61 Å². The largest absolute Gasteiger partial charge is 0.496 e. The Balaban J connectivity index is 2.13. The Kier molecular flexibility index (Phi) is 5.99. The van der Waals surface area contributed by atoms with Gasteiger partial charge in [-0.15, -0.1) is 0 Å². The summed E-state index contributed by atoms with van der Waals surface area (Å²) in [4.78, 5) is 0. The molecule has 0 bridgehead atoms. The van der Waals surface area contributed by atoms with E-state index in [-0.39, 0.29) is 6.10 Å². The first-order chi connectivity index (χ1) is 10.3. The van der Waals surface area contributed by atoms with E-state index in [1.54, 1.807) is 21.3 Å². The van der Waals surface area contributed by atoms with Crippen LogP contribution in [0, 0.1) is 0 Å². The lowest BCUT2D eigenvalue weighted by Crippen LogP contribution is -2.31. The molecular weight excluding hydrogens is 266 g/mol. The fourth-order valence-corrected chi connectivity index (χ4v) is 2.44. The second-order valence-corrected chi connectivity index (χ2v) is 4.91. The Morgan fingerprint density at radius 2 is 1.86 bits per heavy atom. The Morgan fingerprint density at radius 1 is 1.05 bits per heavy atom. The summed E-state index contributed by atoms with van der Waals surface area (Å²) in [5.41, 5.74) is 1.17. The van der Waals surface area contributed by atoms with Crippen molar-refractivity contribution in [2.75, 3.05) is 34.5 Å². The summed E-state index contributed by atoms with van der Waals surface area (Å²) in [5.74, 6) is 0.905. The van der Waals surface area contributed by atoms with Crippen LogP contribution in [0.1, 0.15) is 5.56 Å². The van der Waals surface area contributed by atoms with Gasteiger partial charge in [0.15, 0.2) is 0 Å². The van der Waals surface area contributed by atoms with Gasteiger partial charge in [0.25, 0.3) is 0 Å². The van der Waals surface area contributed by atoms with Crippen LogP contribution in [0.3, 0.4) is 0 Å². The van der Waals surface area contributed by atoms with Gasteiger partial charge in [0.2, 0.25) is 0 Å². The molecule has 0 aliphatic rings. The number of hydrogen-bond acceptors (Lipinski definition) is 4. The minimum absolute atomic E-state index is 0.0518.